The Labute approximate surface area is 139 Å². The van der Waals surface area contributed by atoms with Crippen molar-refractivity contribution in [2.24, 2.45) is 0 Å². The van der Waals surface area contributed by atoms with Crippen LogP contribution in [-0.2, 0) is 28.4 Å². The molecule has 1 aliphatic heterocycles. The van der Waals surface area contributed by atoms with Gasteiger partial charge < -0.3 is 28.4 Å². The molecule has 1 rings (SSSR count). The van der Waals surface area contributed by atoms with Gasteiger partial charge in [-0.05, 0) is 13.8 Å². The smallest absolute Gasteiger partial charge is 0.164 e. The molecule has 1 saturated heterocycles. The van der Waals surface area contributed by atoms with Gasteiger partial charge in [-0.25, -0.2) is 0 Å². The largest absolute Gasteiger partial charge is 0.359 e. The fourth-order valence-electron chi connectivity index (χ4n) is 2.10. The minimum absolute atomic E-state index is 0.0930. The number of halogens is 1. The third kappa shape index (κ3) is 5.63. The van der Waals surface area contributed by atoms with E-state index in [0.717, 1.165) is 0 Å². The third-order valence-corrected chi connectivity index (χ3v) is 3.78. The van der Waals surface area contributed by atoms with Crippen LogP contribution in [0, 0.1) is 12.3 Å². The van der Waals surface area contributed by atoms with Gasteiger partial charge in [0.1, 0.15) is 31.9 Å². The Hall–Kier alpha value is 0.0500. The van der Waals surface area contributed by atoms with Crippen molar-refractivity contribution in [3.05, 3.63) is 0 Å². The molecular weight excluding hydrogens is 391 g/mol. The van der Waals surface area contributed by atoms with Crippen molar-refractivity contribution in [3.63, 3.8) is 0 Å². The Morgan fingerprint density at radius 2 is 1.71 bits per heavy atom. The predicted molar refractivity (Wildman–Crippen MR) is 85.0 cm³/mol. The molecule has 0 aromatic heterocycles. The summed E-state index contributed by atoms with van der Waals surface area (Å²) in [5.41, 5.74) is 0. The van der Waals surface area contributed by atoms with E-state index in [-0.39, 0.29) is 25.8 Å². The van der Waals surface area contributed by atoms with E-state index in [9.17, 15) is 0 Å². The normalized spacial score (nSPS) is 27.2. The quantitative estimate of drug-likeness (QED) is 0.247. The van der Waals surface area contributed by atoms with Crippen LogP contribution in [0.2, 0.25) is 0 Å². The molecule has 0 amide bonds. The molecule has 0 saturated carbocycles. The maximum Gasteiger partial charge on any atom is 0.164 e. The van der Waals surface area contributed by atoms with Gasteiger partial charge in [-0.15, -0.1) is 6.42 Å². The van der Waals surface area contributed by atoms with E-state index in [1.165, 1.54) is 7.11 Å². The van der Waals surface area contributed by atoms with Crippen molar-refractivity contribution in [1.82, 2.24) is 0 Å². The van der Waals surface area contributed by atoms with E-state index in [1.54, 1.807) is 7.11 Å². The molecule has 1 aliphatic rings. The van der Waals surface area contributed by atoms with Gasteiger partial charge in [0.15, 0.2) is 5.79 Å². The summed E-state index contributed by atoms with van der Waals surface area (Å²) in [6.45, 7) is 3.95. The Bertz CT molecular complexity index is 343. The second-order valence-corrected chi connectivity index (χ2v) is 5.87. The SMILES string of the molecule is C#C[C@H](OCOC)[C@@H]1OC(C)(C)O[C@@H]1[C@@H](CI)OCOC. The third-order valence-electron chi connectivity index (χ3n) is 2.91. The Morgan fingerprint density at radius 1 is 1.14 bits per heavy atom. The van der Waals surface area contributed by atoms with Crippen molar-refractivity contribution < 1.29 is 28.4 Å². The fourth-order valence-corrected chi connectivity index (χ4v) is 2.86. The lowest BCUT2D eigenvalue weighted by Gasteiger charge is -2.27. The van der Waals surface area contributed by atoms with Gasteiger partial charge in [0.25, 0.3) is 0 Å². The van der Waals surface area contributed by atoms with Crippen molar-refractivity contribution in [1.29, 1.82) is 0 Å². The number of hydrogen-bond donors (Lipinski definition) is 0. The van der Waals surface area contributed by atoms with Gasteiger partial charge in [-0.1, -0.05) is 28.5 Å². The average Bonchev–Trinajstić information content (AvgIpc) is 2.77. The molecule has 21 heavy (non-hydrogen) atoms. The first-order valence-electron chi connectivity index (χ1n) is 6.58. The highest BCUT2D eigenvalue weighted by Crippen LogP contribution is 2.34. The monoisotopic (exact) mass is 414 g/mol. The van der Waals surface area contributed by atoms with Crippen LogP contribution in [0.25, 0.3) is 0 Å². The number of methoxy groups -OCH3 is 2. The number of alkyl halides is 1. The Kier molecular flexibility index (Phi) is 8.41. The summed E-state index contributed by atoms with van der Waals surface area (Å²) in [5.74, 6) is 1.84. The minimum atomic E-state index is -0.749. The van der Waals surface area contributed by atoms with E-state index in [2.05, 4.69) is 28.5 Å². The minimum Gasteiger partial charge on any atom is -0.359 e. The van der Waals surface area contributed by atoms with Gasteiger partial charge in [-0.3, -0.25) is 0 Å². The molecule has 122 valence electrons. The van der Waals surface area contributed by atoms with E-state index in [1.807, 2.05) is 13.8 Å². The van der Waals surface area contributed by atoms with Gasteiger partial charge in [0.05, 0.1) is 6.10 Å². The summed E-state index contributed by atoms with van der Waals surface area (Å²) >= 11 is 2.23. The number of hydrogen-bond acceptors (Lipinski definition) is 6. The van der Waals surface area contributed by atoms with Gasteiger partial charge in [-0.2, -0.15) is 0 Å². The first kappa shape index (κ1) is 19.1. The molecule has 0 spiro atoms. The molecule has 0 N–H and O–H groups in total. The highest BCUT2D eigenvalue weighted by atomic mass is 127. The predicted octanol–water partition coefficient (Wildman–Crippen LogP) is 1.55. The van der Waals surface area contributed by atoms with Crippen LogP contribution in [-0.4, -0.2) is 62.4 Å². The number of rotatable bonds is 9. The topological polar surface area (TPSA) is 55.4 Å². The van der Waals surface area contributed by atoms with Gasteiger partial charge >= 0.3 is 0 Å². The van der Waals surface area contributed by atoms with Crippen molar-refractivity contribution in [2.75, 3.05) is 32.2 Å². The van der Waals surface area contributed by atoms with Gasteiger partial charge in [0, 0.05) is 18.6 Å². The molecule has 0 radical (unpaired) electrons. The molecule has 7 heteroatoms. The van der Waals surface area contributed by atoms with Crippen molar-refractivity contribution >= 4 is 22.6 Å². The molecule has 0 aromatic carbocycles. The Balaban J connectivity index is 2.83. The molecule has 4 atom stereocenters. The lowest BCUT2D eigenvalue weighted by atomic mass is 10.0. The molecule has 1 heterocycles. The van der Waals surface area contributed by atoms with Crippen molar-refractivity contribution in [3.8, 4) is 12.3 Å². The number of terminal acetylenes is 1. The van der Waals surface area contributed by atoms with Crippen LogP contribution < -0.4 is 0 Å². The van der Waals surface area contributed by atoms with Crippen LogP contribution in [0.1, 0.15) is 13.8 Å². The second kappa shape index (κ2) is 9.25. The standard InChI is InChI=1S/C14H23IO6/c1-6-10(18-8-16-4)12-13(21-14(2,3)20-12)11(7-15)19-9-17-5/h1,10-13H,7-9H2,2-5H3/t10-,11+,12-,13+/m0/s1. The zero-order chi connectivity index (χ0) is 15.9. The summed E-state index contributed by atoms with van der Waals surface area (Å²) in [6, 6.07) is 0. The zero-order valence-corrected chi connectivity index (χ0v) is 15.0. The first-order valence-corrected chi connectivity index (χ1v) is 8.10. The lowest BCUT2D eigenvalue weighted by Crippen LogP contribution is -2.45. The van der Waals surface area contributed by atoms with Gasteiger partial charge in [0.2, 0.25) is 0 Å². The highest BCUT2D eigenvalue weighted by Gasteiger charge is 2.48. The van der Waals surface area contributed by atoms with Crippen molar-refractivity contribution in [2.45, 2.75) is 44.1 Å². The molecule has 0 aliphatic carbocycles. The fraction of sp³-hybridized carbons (Fsp3) is 0.857. The second-order valence-electron chi connectivity index (χ2n) is 4.99. The van der Waals surface area contributed by atoms with E-state index < -0.39 is 18.0 Å². The molecular formula is C14H23IO6. The maximum atomic E-state index is 5.95. The lowest BCUT2D eigenvalue weighted by molar-refractivity contribution is -0.170. The van der Waals surface area contributed by atoms with E-state index in [4.69, 9.17) is 34.8 Å². The maximum absolute atomic E-state index is 5.95. The molecule has 1 fully saturated rings. The van der Waals surface area contributed by atoms with Crippen LogP contribution in [0.3, 0.4) is 0 Å². The van der Waals surface area contributed by atoms with Crippen LogP contribution in [0.4, 0.5) is 0 Å². The molecule has 0 aromatic rings. The van der Waals surface area contributed by atoms with Crippen LogP contribution >= 0.6 is 22.6 Å². The van der Waals surface area contributed by atoms with Crippen LogP contribution in [0.5, 0.6) is 0 Å². The molecule has 0 bridgehead atoms. The first-order chi connectivity index (χ1) is 9.99. The average molecular weight is 414 g/mol. The molecule has 6 nitrogen and oxygen atoms in total. The summed E-state index contributed by atoms with van der Waals surface area (Å²) in [7, 11) is 3.11. The zero-order valence-electron chi connectivity index (χ0n) is 12.8. The highest BCUT2D eigenvalue weighted by molar-refractivity contribution is 14.1. The Morgan fingerprint density at radius 3 is 2.24 bits per heavy atom. The van der Waals surface area contributed by atoms with Crippen LogP contribution in [0.15, 0.2) is 0 Å². The number of ether oxygens (including phenoxy) is 6. The summed E-state index contributed by atoms with van der Waals surface area (Å²) < 4.78 is 33.6. The summed E-state index contributed by atoms with van der Waals surface area (Å²) in [4.78, 5) is 0. The molecule has 0 unspecified atom stereocenters. The summed E-state index contributed by atoms with van der Waals surface area (Å²) in [5, 5.41) is 0. The van der Waals surface area contributed by atoms with E-state index in [0.29, 0.717) is 4.43 Å². The van der Waals surface area contributed by atoms with E-state index >= 15 is 0 Å². The summed E-state index contributed by atoms with van der Waals surface area (Å²) in [6.07, 6.45) is 3.99.